The molecule has 0 spiro atoms. The number of anilines is 2. The van der Waals surface area contributed by atoms with E-state index in [2.05, 4.69) is 9.88 Å². The van der Waals surface area contributed by atoms with E-state index in [1.165, 1.54) is 6.07 Å². The first-order valence-electron chi connectivity index (χ1n) is 8.81. The van der Waals surface area contributed by atoms with Gasteiger partial charge >= 0.3 is 0 Å². The summed E-state index contributed by atoms with van der Waals surface area (Å²) >= 11 is 6.13. The van der Waals surface area contributed by atoms with Gasteiger partial charge < -0.3 is 9.80 Å². The molecular weight excluding hydrogens is 429 g/mol. The monoisotopic (exact) mass is 446 g/mol. The first-order valence-corrected chi connectivity index (χ1v) is 10.7. The highest BCUT2D eigenvalue weighted by Gasteiger charge is 2.57. The van der Waals surface area contributed by atoms with E-state index in [9.17, 15) is 21.6 Å². The molecular formula is C18H18ClF3N4O2S. The second kappa shape index (κ2) is 6.75. The molecule has 1 aliphatic carbocycles. The van der Waals surface area contributed by atoms with Crippen LogP contribution in [0.5, 0.6) is 0 Å². The van der Waals surface area contributed by atoms with Gasteiger partial charge in [0, 0.05) is 24.2 Å². The highest BCUT2D eigenvalue weighted by atomic mass is 35.5. The molecule has 0 atom stereocenters. The lowest BCUT2D eigenvalue weighted by Crippen LogP contribution is -2.51. The number of fused-ring (bicyclic) bond motifs is 1. The molecule has 2 saturated heterocycles. The lowest BCUT2D eigenvalue weighted by molar-refractivity contribution is 0.106. The second-order valence-electron chi connectivity index (χ2n) is 7.59. The van der Waals surface area contributed by atoms with Crippen molar-refractivity contribution in [3.8, 4) is 0 Å². The van der Waals surface area contributed by atoms with Gasteiger partial charge in [-0.3, -0.25) is 4.72 Å². The number of pyridine rings is 1. The van der Waals surface area contributed by atoms with Gasteiger partial charge in [-0.25, -0.2) is 22.2 Å². The topological polar surface area (TPSA) is 65.5 Å². The molecule has 5 rings (SSSR count). The van der Waals surface area contributed by atoms with Crippen LogP contribution in [0, 0.1) is 17.6 Å². The van der Waals surface area contributed by atoms with Crippen molar-refractivity contribution in [3.63, 3.8) is 0 Å². The molecule has 2 aromatic rings. The third-order valence-corrected chi connectivity index (χ3v) is 7.46. The Labute approximate surface area is 171 Å². The zero-order valence-electron chi connectivity index (χ0n) is 15.6. The summed E-state index contributed by atoms with van der Waals surface area (Å²) in [6.07, 6.45) is 1.68. The number of nitrogens with one attached hydrogen (secondary N) is 1. The van der Waals surface area contributed by atoms with Crippen LogP contribution in [0.2, 0.25) is 5.02 Å². The summed E-state index contributed by atoms with van der Waals surface area (Å²) in [4.78, 5) is 6.00. The zero-order valence-corrected chi connectivity index (χ0v) is 17.2. The van der Waals surface area contributed by atoms with E-state index in [1.807, 2.05) is 23.7 Å². The Morgan fingerprint density at radius 1 is 1.28 bits per heavy atom. The average molecular weight is 447 g/mol. The summed E-state index contributed by atoms with van der Waals surface area (Å²) in [7, 11) is -0.826. The number of likely N-dealkylation sites (N-methyl/N-ethyl adjacent to an activating group) is 1. The van der Waals surface area contributed by atoms with Gasteiger partial charge in [0.2, 0.25) is 5.95 Å². The van der Waals surface area contributed by atoms with Crippen LogP contribution in [0.15, 0.2) is 29.2 Å². The molecule has 1 aromatic carbocycles. The van der Waals surface area contributed by atoms with Crippen molar-refractivity contribution in [1.82, 2.24) is 9.88 Å². The van der Waals surface area contributed by atoms with Gasteiger partial charge in [0.25, 0.3) is 10.0 Å². The molecule has 0 radical (unpaired) electrons. The Bertz CT molecular complexity index is 1090. The fourth-order valence-corrected chi connectivity index (χ4v) is 5.53. The first kappa shape index (κ1) is 20.2. The van der Waals surface area contributed by atoms with E-state index in [-0.39, 0.29) is 17.3 Å². The average Bonchev–Trinajstić information content (AvgIpc) is 3.14. The minimum absolute atomic E-state index is 0.0731. The van der Waals surface area contributed by atoms with Crippen LogP contribution in [0.3, 0.4) is 0 Å². The number of benzene rings is 1. The van der Waals surface area contributed by atoms with Gasteiger partial charge in [-0.2, -0.15) is 4.39 Å². The van der Waals surface area contributed by atoms with Gasteiger partial charge in [-0.15, -0.1) is 0 Å². The summed E-state index contributed by atoms with van der Waals surface area (Å²) < 4.78 is 69.8. The molecule has 156 valence electrons. The van der Waals surface area contributed by atoms with Gasteiger partial charge in [0.15, 0.2) is 10.7 Å². The van der Waals surface area contributed by atoms with E-state index < -0.39 is 43.3 Å². The molecule has 2 aliphatic heterocycles. The third kappa shape index (κ3) is 3.23. The lowest BCUT2D eigenvalue weighted by Gasteiger charge is -2.42. The fraction of sp³-hybridized carbons (Fsp3) is 0.389. The minimum Gasteiger partial charge on any atom is -0.365 e. The van der Waals surface area contributed by atoms with Gasteiger partial charge in [0.1, 0.15) is 16.7 Å². The molecule has 1 saturated carbocycles. The SMILES string of the molecule is CN(C)C12CC(C1)N(c1cc(F)c(S(=O)(=O)Nc3cccc(F)n3)c(F)c1Cl)C2. The van der Waals surface area contributed by atoms with E-state index >= 15 is 0 Å². The number of aromatic nitrogens is 1. The van der Waals surface area contributed by atoms with Crippen molar-refractivity contribution < 1.29 is 21.6 Å². The molecule has 2 bridgehead atoms. The Morgan fingerprint density at radius 2 is 1.97 bits per heavy atom. The molecule has 0 amide bonds. The number of halogens is 4. The lowest BCUT2D eigenvalue weighted by atomic mass is 9.77. The Morgan fingerprint density at radius 3 is 2.55 bits per heavy atom. The largest absolute Gasteiger partial charge is 0.365 e. The number of nitrogens with zero attached hydrogens (tertiary/aromatic N) is 3. The van der Waals surface area contributed by atoms with Crippen LogP contribution < -0.4 is 9.62 Å². The molecule has 29 heavy (non-hydrogen) atoms. The quantitative estimate of drug-likeness (QED) is 0.564. The van der Waals surface area contributed by atoms with Crippen molar-refractivity contribution in [2.24, 2.45) is 0 Å². The summed E-state index contributed by atoms with van der Waals surface area (Å²) in [6.45, 7) is 0.542. The van der Waals surface area contributed by atoms with Crippen LogP contribution in [-0.2, 0) is 10.0 Å². The molecule has 3 fully saturated rings. The van der Waals surface area contributed by atoms with Crippen LogP contribution in [0.1, 0.15) is 12.8 Å². The van der Waals surface area contributed by atoms with Crippen molar-refractivity contribution >= 4 is 33.1 Å². The van der Waals surface area contributed by atoms with Crippen LogP contribution >= 0.6 is 11.6 Å². The zero-order chi connectivity index (χ0) is 21.1. The van der Waals surface area contributed by atoms with Crippen LogP contribution in [0.25, 0.3) is 0 Å². The highest BCUT2D eigenvalue weighted by Crippen LogP contribution is 2.51. The van der Waals surface area contributed by atoms with Gasteiger partial charge in [-0.1, -0.05) is 17.7 Å². The second-order valence-corrected chi connectivity index (χ2v) is 9.59. The standard InChI is InChI=1S/C18H18ClF3N4O2S/c1-25(2)18-7-10(8-18)26(9-18)12-6-11(20)17(16(22)15(12)19)29(27,28)24-14-5-3-4-13(21)23-14/h3-6,10H,7-9H2,1-2H3,(H,23,24). The van der Waals surface area contributed by atoms with E-state index in [4.69, 9.17) is 11.6 Å². The van der Waals surface area contributed by atoms with Crippen molar-refractivity contribution in [1.29, 1.82) is 0 Å². The molecule has 1 aromatic heterocycles. The van der Waals surface area contributed by atoms with Crippen molar-refractivity contribution in [3.05, 3.63) is 46.9 Å². The summed E-state index contributed by atoms with van der Waals surface area (Å²) in [6, 6.07) is 4.40. The van der Waals surface area contributed by atoms with Gasteiger partial charge in [0.05, 0.1) is 5.69 Å². The molecule has 11 heteroatoms. The number of sulfonamides is 1. The van der Waals surface area contributed by atoms with Crippen molar-refractivity contribution in [2.75, 3.05) is 30.3 Å². The first-order chi connectivity index (χ1) is 13.5. The minimum atomic E-state index is -4.72. The third-order valence-electron chi connectivity index (χ3n) is 5.71. The number of hydrogen-bond donors (Lipinski definition) is 1. The Kier molecular flexibility index (Phi) is 4.71. The van der Waals surface area contributed by atoms with E-state index in [1.54, 1.807) is 0 Å². The number of hydrogen-bond acceptors (Lipinski definition) is 5. The highest BCUT2D eigenvalue weighted by molar-refractivity contribution is 7.92. The molecule has 0 unspecified atom stereocenters. The Balaban J connectivity index is 1.69. The number of rotatable bonds is 5. The molecule has 3 aliphatic rings. The van der Waals surface area contributed by atoms with Gasteiger partial charge in [-0.05, 0) is 39.1 Å². The predicted molar refractivity (Wildman–Crippen MR) is 103 cm³/mol. The molecule has 1 N–H and O–H groups in total. The summed E-state index contributed by atoms with van der Waals surface area (Å²) in [5, 5.41) is -0.472. The van der Waals surface area contributed by atoms with Crippen molar-refractivity contribution in [2.45, 2.75) is 29.3 Å². The maximum atomic E-state index is 14.9. The summed E-state index contributed by atoms with van der Waals surface area (Å²) in [5.41, 5.74) is 0.0479. The van der Waals surface area contributed by atoms with E-state index in [0.717, 1.165) is 31.0 Å². The normalized spacial score (nSPS) is 23.4. The fourth-order valence-electron chi connectivity index (χ4n) is 4.08. The van der Waals surface area contributed by atoms with E-state index in [0.29, 0.717) is 6.54 Å². The molecule has 6 nitrogen and oxygen atoms in total. The Hall–Kier alpha value is -2.04. The predicted octanol–water partition coefficient (Wildman–Crippen LogP) is 3.24. The van der Waals surface area contributed by atoms with Crippen LogP contribution in [-0.4, -0.2) is 50.5 Å². The molecule has 3 heterocycles. The summed E-state index contributed by atoms with van der Waals surface area (Å²) in [5.74, 6) is -4.03. The van der Waals surface area contributed by atoms with Crippen LogP contribution in [0.4, 0.5) is 24.7 Å². The smallest absolute Gasteiger partial charge is 0.268 e. The maximum absolute atomic E-state index is 14.9. The maximum Gasteiger partial charge on any atom is 0.268 e.